The molecule has 0 aliphatic carbocycles. The molecule has 0 radical (unpaired) electrons. The number of carboxylic acids is 1. The van der Waals surface area contributed by atoms with E-state index in [2.05, 4.69) is 20.9 Å². The number of amides is 1. The minimum absolute atomic E-state index is 0.345. The Bertz CT molecular complexity index is 724. The number of carboxylic acid groups (broad SMARTS) is 1. The highest BCUT2D eigenvalue weighted by Gasteiger charge is 2.23. The van der Waals surface area contributed by atoms with Gasteiger partial charge in [0.1, 0.15) is 17.9 Å². The Kier molecular flexibility index (Phi) is 4.32. The van der Waals surface area contributed by atoms with E-state index in [0.29, 0.717) is 23.5 Å². The molecule has 0 saturated heterocycles. The van der Waals surface area contributed by atoms with E-state index < -0.39 is 5.97 Å². The average molecular weight is 354 g/mol. The molecule has 0 aromatic carbocycles. The number of hydrogen-bond acceptors (Lipinski definition) is 3. The van der Waals surface area contributed by atoms with Gasteiger partial charge in [-0.15, -0.1) is 0 Å². The fourth-order valence-electron chi connectivity index (χ4n) is 2.24. The van der Waals surface area contributed by atoms with E-state index in [1.807, 2.05) is 19.9 Å². The number of pyridine rings is 1. The number of fused-ring (bicyclic) bond motifs is 1. The number of nitrogens with zero attached hydrogens (tertiary/aromatic N) is 3. The average Bonchev–Trinajstić information content (AvgIpc) is 2.75. The Morgan fingerprint density at radius 2 is 2.14 bits per heavy atom. The van der Waals surface area contributed by atoms with Gasteiger partial charge >= 0.3 is 5.97 Å². The van der Waals surface area contributed by atoms with E-state index in [9.17, 15) is 9.59 Å². The number of halogens is 1. The Balaban J connectivity index is 2.61. The monoisotopic (exact) mass is 353 g/mol. The lowest BCUT2D eigenvalue weighted by Gasteiger charge is -2.15. The van der Waals surface area contributed by atoms with E-state index in [0.717, 1.165) is 10.0 Å². The molecule has 1 amide bonds. The Hall–Kier alpha value is -1.89. The highest BCUT2D eigenvalue weighted by molar-refractivity contribution is 9.10. The van der Waals surface area contributed by atoms with Gasteiger partial charge < -0.3 is 10.0 Å². The molecule has 0 unspecified atom stereocenters. The summed E-state index contributed by atoms with van der Waals surface area (Å²) in [7, 11) is 1.47. The molecule has 2 aromatic heterocycles. The molecule has 0 spiro atoms. The zero-order chi connectivity index (χ0) is 15.7. The Morgan fingerprint density at radius 3 is 2.71 bits per heavy atom. The Morgan fingerprint density at radius 1 is 1.48 bits per heavy atom. The minimum atomic E-state index is -1.05. The lowest BCUT2D eigenvalue weighted by Crippen LogP contribution is -2.33. The van der Waals surface area contributed by atoms with Crippen LogP contribution in [0.5, 0.6) is 0 Å². The van der Waals surface area contributed by atoms with Crippen LogP contribution in [-0.4, -0.2) is 44.9 Å². The molecule has 0 atom stereocenters. The minimum Gasteiger partial charge on any atom is -0.480 e. The molecule has 0 fully saturated rings. The SMILES string of the molecule is CCc1nc2c(C)cc(Br)cn2c1C(=O)N(C)CC(=O)O. The van der Waals surface area contributed by atoms with E-state index in [1.165, 1.54) is 11.9 Å². The van der Waals surface area contributed by atoms with Crippen LogP contribution in [0.1, 0.15) is 28.7 Å². The number of aliphatic carboxylic acids is 1. The lowest BCUT2D eigenvalue weighted by molar-refractivity contribution is -0.137. The maximum atomic E-state index is 12.5. The maximum absolute atomic E-state index is 12.5. The van der Waals surface area contributed by atoms with Crippen molar-refractivity contribution >= 4 is 33.5 Å². The van der Waals surface area contributed by atoms with Gasteiger partial charge in [-0.05, 0) is 40.9 Å². The summed E-state index contributed by atoms with van der Waals surface area (Å²) in [5.74, 6) is -1.39. The number of carbonyl (C=O) groups excluding carboxylic acids is 1. The summed E-state index contributed by atoms with van der Waals surface area (Å²) in [6.07, 6.45) is 2.37. The summed E-state index contributed by atoms with van der Waals surface area (Å²) in [5.41, 5.74) is 2.74. The molecule has 2 heterocycles. The normalized spacial score (nSPS) is 10.9. The summed E-state index contributed by atoms with van der Waals surface area (Å²) in [5, 5.41) is 8.83. The molecule has 0 aliphatic rings. The molecule has 0 aliphatic heterocycles. The van der Waals surface area contributed by atoms with Gasteiger partial charge in [-0.25, -0.2) is 4.98 Å². The van der Waals surface area contributed by atoms with Crippen molar-refractivity contribution in [2.24, 2.45) is 0 Å². The van der Waals surface area contributed by atoms with Crippen molar-refractivity contribution in [2.45, 2.75) is 20.3 Å². The van der Waals surface area contributed by atoms with Gasteiger partial charge in [-0.3, -0.25) is 14.0 Å². The van der Waals surface area contributed by atoms with Crippen LogP contribution in [0.25, 0.3) is 5.65 Å². The van der Waals surface area contributed by atoms with E-state index in [-0.39, 0.29) is 12.5 Å². The first-order valence-electron chi connectivity index (χ1n) is 6.49. The van der Waals surface area contributed by atoms with Crippen LogP contribution >= 0.6 is 15.9 Å². The van der Waals surface area contributed by atoms with Crippen molar-refractivity contribution in [1.29, 1.82) is 0 Å². The zero-order valence-corrected chi connectivity index (χ0v) is 13.6. The van der Waals surface area contributed by atoms with Crippen molar-refractivity contribution < 1.29 is 14.7 Å². The molecule has 0 bridgehead atoms. The maximum Gasteiger partial charge on any atom is 0.323 e. The van der Waals surface area contributed by atoms with Crippen LogP contribution < -0.4 is 0 Å². The quantitative estimate of drug-likeness (QED) is 0.913. The number of aromatic nitrogens is 2. The third-order valence-electron chi connectivity index (χ3n) is 3.20. The molecular formula is C14H16BrN3O3. The molecule has 21 heavy (non-hydrogen) atoms. The van der Waals surface area contributed by atoms with Crippen molar-refractivity contribution in [1.82, 2.24) is 14.3 Å². The highest BCUT2D eigenvalue weighted by Crippen LogP contribution is 2.22. The van der Waals surface area contributed by atoms with Crippen LogP contribution in [0.3, 0.4) is 0 Å². The molecule has 1 N–H and O–H groups in total. The van der Waals surface area contributed by atoms with E-state index >= 15 is 0 Å². The van der Waals surface area contributed by atoms with Crippen LogP contribution in [0, 0.1) is 6.92 Å². The van der Waals surface area contributed by atoms with Crippen LogP contribution in [0.4, 0.5) is 0 Å². The molecular weight excluding hydrogens is 338 g/mol. The van der Waals surface area contributed by atoms with Gasteiger partial charge in [0.2, 0.25) is 0 Å². The summed E-state index contributed by atoms with van der Waals surface area (Å²) in [6.45, 7) is 3.49. The number of rotatable bonds is 4. The molecule has 112 valence electrons. The van der Waals surface area contributed by atoms with Crippen molar-refractivity contribution in [3.63, 3.8) is 0 Å². The van der Waals surface area contributed by atoms with Gasteiger partial charge in [0.15, 0.2) is 0 Å². The largest absolute Gasteiger partial charge is 0.480 e. The van der Waals surface area contributed by atoms with Crippen molar-refractivity contribution in [2.75, 3.05) is 13.6 Å². The molecule has 6 nitrogen and oxygen atoms in total. The van der Waals surface area contributed by atoms with Crippen LogP contribution in [0.15, 0.2) is 16.7 Å². The number of imidazole rings is 1. The summed E-state index contributed by atoms with van der Waals surface area (Å²) < 4.78 is 2.56. The van der Waals surface area contributed by atoms with Gasteiger partial charge in [-0.2, -0.15) is 0 Å². The van der Waals surface area contributed by atoms with Crippen molar-refractivity contribution in [3.8, 4) is 0 Å². The highest BCUT2D eigenvalue weighted by atomic mass is 79.9. The summed E-state index contributed by atoms with van der Waals surface area (Å²) in [4.78, 5) is 29.0. The van der Waals surface area contributed by atoms with Gasteiger partial charge in [0, 0.05) is 17.7 Å². The van der Waals surface area contributed by atoms with Gasteiger partial charge in [-0.1, -0.05) is 6.92 Å². The number of carbonyl (C=O) groups is 2. The molecule has 0 saturated carbocycles. The second-order valence-electron chi connectivity index (χ2n) is 4.85. The predicted octanol–water partition coefficient (Wildman–Crippen LogP) is 2.12. The summed E-state index contributed by atoms with van der Waals surface area (Å²) in [6, 6.07) is 1.93. The molecule has 2 aromatic rings. The fourth-order valence-corrected chi connectivity index (χ4v) is 2.79. The first kappa shape index (κ1) is 15.5. The van der Waals surface area contributed by atoms with Crippen LogP contribution in [-0.2, 0) is 11.2 Å². The van der Waals surface area contributed by atoms with Crippen molar-refractivity contribution in [3.05, 3.63) is 33.7 Å². The smallest absolute Gasteiger partial charge is 0.323 e. The van der Waals surface area contributed by atoms with E-state index in [4.69, 9.17) is 5.11 Å². The van der Waals surface area contributed by atoms with E-state index in [1.54, 1.807) is 10.6 Å². The number of aryl methyl sites for hydroxylation is 2. The standard InChI is InChI=1S/C14H16BrN3O3/c1-4-10-12(14(21)17(3)7-11(19)20)18-6-9(15)5-8(2)13(18)16-10/h5-6H,4,7H2,1-3H3,(H,19,20). The first-order valence-corrected chi connectivity index (χ1v) is 7.28. The zero-order valence-electron chi connectivity index (χ0n) is 12.1. The second kappa shape index (κ2) is 5.85. The topological polar surface area (TPSA) is 74.9 Å². The predicted molar refractivity (Wildman–Crippen MR) is 81.6 cm³/mol. The third-order valence-corrected chi connectivity index (χ3v) is 3.63. The number of likely N-dealkylation sites (N-methyl/N-ethyl adjacent to an activating group) is 1. The number of hydrogen-bond donors (Lipinski definition) is 1. The van der Waals surface area contributed by atoms with Gasteiger partial charge in [0.05, 0.1) is 5.69 Å². The molecule has 7 heteroatoms. The lowest BCUT2D eigenvalue weighted by atomic mass is 10.2. The Labute approximate surface area is 130 Å². The fraction of sp³-hybridized carbons (Fsp3) is 0.357. The van der Waals surface area contributed by atoms with Crippen LogP contribution in [0.2, 0.25) is 0 Å². The second-order valence-corrected chi connectivity index (χ2v) is 5.77. The molecule has 2 rings (SSSR count). The first-order chi connectivity index (χ1) is 9.85. The third kappa shape index (κ3) is 2.92. The van der Waals surface area contributed by atoms with Gasteiger partial charge in [0.25, 0.3) is 5.91 Å². The summed E-state index contributed by atoms with van der Waals surface area (Å²) >= 11 is 3.41.